The Labute approximate surface area is 139 Å². The minimum atomic E-state index is -0.304. The summed E-state index contributed by atoms with van der Waals surface area (Å²) in [5.41, 5.74) is 2.17. The van der Waals surface area contributed by atoms with Crippen LogP contribution in [0.15, 0.2) is 59.6 Å². The van der Waals surface area contributed by atoms with Crippen molar-refractivity contribution in [1.82, 2.24) is 14.8 Å². The molecule has 2 heterocycles. The smallest absolute Gasteiger partial charge is 0.266 e. The number of carbonyl (C=O) groups is 2. The third-order valence-electron chi connectivity index (χ3n) is 3.63. The lowest BCUT2D eigenvalue weighted by Gasteiger charge is -2.14. The van der Waals surface area contributed by atoms with Gasteiger partial charge in [0, 0.05) is 0 Å². The number of hydrogen-bond donors (Lipinski definition) is 0. The van der Waals surface area contributed by atoms with Gasteiger partial charge in [-0.25, -0.2) is 14.6 Å². The van der Waals surface area contributed by atoms with Crippen LogP contribution in [-0.2, 0) is 0 Å². The molecular formula is C16H9BrN4O2. The van der Waals surface area contributed by atoms with Gasteiger partial charge in [-0.2, -0.15) is 0 Å². The molecule has 0 spiro atoms. The Kier molecular flexibility index (Phi) is 3.09. The van der Waals surface area contributed by atoms with Gasteiger partial charge < -0.3 is 0 Å². The van der Waals surface area contributed by atoms with Gasteiger partial charge in [0.2, 0.25) is 4.73 Å². The minimum absolute atomic E-state index is 0.304. The van der Waals surface area contributed by atoms with Crippen molar-refractivity contribution < 1.29 is 9.59 Å². The number of anilines is 1. The number of benzene rings is 2. The van der Waals surface area contributed by atoms with Crippen molar-refractivity contribution in [2.75, 3.05) is 4.90 Å². The van der Waals surface area contributed by atoms with E-state index in [0.717, 1.165) is 5.69 Å². The molecule has 0 N–H and O–H groups in total. The highest BCUT2D eigenvalue weighted by Crippen LogP contribution is 2.28. The van der Waals surface area contributed by atoms with E-state index in [0.29, 0.717) is 21.5 Å². The molecule has 0 saturated heterocycles. The van der Waals surface area contributed by atoms with E-state index in [1.165, 1.54) is 4.90 Å². The summed E-state index contributed by atoms with van der Waals surface area (Å²) >= 11 is 3.19. The average molecular weight is 369 g/mol. The number of amides is 2. The van der Waals surface area contributed by atoms with Crippen molar-refractivity contribution in [2.24, 2.45) is 0 Å². The quantitative estimate of drug-likeness (QED) is 0.652. The second kappa shape index (κ2) is 5.13. The first-order valence-corrected chi connectivity index (χ1v) is 7.60. The molecule has 2 amide bonds. The number of hydrogen-bond acceptors (Lipinski definition) is 4. The molecule has 4 rings (SSSR count). The lowest BCUT2D eigenvalue weighted by Crippen LogP contribution is -2.29. The van der Waals surface area contributed by atoms with Crippen molar-refractivity contribution >= 4 is 33.4 Å². The van der Waals surface area contributed by atoms with E-state index in [1.54, 1.807) is 59.5 Å². The van der Waals surface area contributed by atoms with Crippen LogP contribution < -0.4 is 4.90 Å². The first-order valence-electron chi connectivity index (χ1n) is 6.80. The van der Waals surface area contributed by atoms with Crippen molar-refractivity contribution in [3.05, 3.63) is 70.7 Å². The van der Waals surface area contributed by atoms with Crippen LogP contribution in [0, 0.1) is 0 Å². The van der Waals surface area contributed by atoms with Crippen LogP contribution >= 0.6 is 15.9 Å². The number of fused-ring (bicyclic) bond motifs is 1. The third kappa shape index (κ3) is 2.17. The summed E-state index contributed by atoms with van der Waals surface area (Å²) in [7, 11) is 0. The molecule has 6 nitrogen and oxygen atoms in total. The molecule has 0 aliphatic carbocycles. The van der Waals surface area contributed by atoms with Gasteiger partial charge in [-0.05, 0) is 52.3 Å². The molecule has 1 aliphatic rings. The lowest BCUT2D eigenvalue weighted by molar-refractivity contribution is 0.0926. The predicted molar refractivity (Wildman–Crippen MR) is 86.6 cm³/mol. The molecule has 0 bridgehead atoms. The Hall–Kier alpha value is -2.80. The minimum Gasteiger partial charge on any atom is -0.268 e. The highest BCUT2D eigenvalue weighted by Gasteiger charge is 2.36. The maximum atomic E-state index is 12.4. The van der Waals surface area contributed by atoms with E-state index in [-0.39, 0.29) is 11.8 Å². The first kappa shape index (κ1) is 13.8. The SMILES string of the molecule is O=C1c2ccccc2C(=O)N1c1ccc(-n2cnc(Br)n2)cc1. The van der Waals surface area contributed by atoms with E-state index < -0.39 is 0 Å². The van der Waals surface area contributed by atoms with Crippen LogP contribution in [0.2, 0.25) is 0 Å². The first-order chi connectivity index (χ1) is 11.1. The Balaban J connectivity index is 1.70. The fourth-order valence-electron chi connectivity index (χ4n) is 2.55. The van der Waals surface area contributed by atoms with E-state index in [1.807, 2.05) is 0 Å². The van der Waals surface area contributed by atoms with Crippen molar-refractivity contribution in [3.8, 4) is 5.69 Å². The van der Waals surface area contributed by atoms with Crippen LogP contribution in [0.25, 0.3) is 5.69 Å². The molecule has 1 aliphatic heterocycles. The monoisotopic (exact) mass is 368 g/mol. The summed E-state index contributed by atoms with van der Waals surface area (Å²) < 4.78 is 2.08. The zero-order valence-electron chi connectivity index (χ0n) is 11.7. The van der Waals surface area contributed by atoms with Crippen LogP contribution in [0.5, 0.6) is 0 Å². The summed E-state index contributed by atoms with van der Waals surface area (Å²) in [5.74, 6) is -0.608. The molecule has 0 unspecified atom stereocenters. The van der Waals surface area contributed by atoms with Crippen molar-refractivity contribution in [2.45, 2.75) is 0 Å². The number of halogens is 1. The van der Waals surface area contributed by atoms with Crippen LogP contribution in [-0.4, -0.2) is 26.6 Å². The van der Waals surface area contributed by atoms with E-state index >= 15 is 0 Å². The van der Waals surface area contributed by atoms with Crippen molar-refractivity contribution in [3.63, 3.8) is 0 Å². The Morgan fingerprint density at radius 2 is 1.39 bits per heavy atom. The van der Waals surface area contributed by atoms with Gasteiger partial charge in [0.1, 0.15) is 6.33 Å². The van der Waals surface area contributed by atoms with Gasteiger partial charge in [-0.15, -0.1) is 5.10 Å². The second-order valence-corrected chi connectivity index (χ2v) is 5.68. The molecule has 112 valence electrons. The number of rotatable bonds is 2. The van der Waals surface area contributed by atoms with Crippen molar-refractivity contribution in [1.29, 1.82) is 0 Å². The van der Waals surface area contributed by atoms with Gasteiger partial charge in [-0.3, -0.25) is 9.59 Å². The van der Waals surface area contributed by atoms with E-state index in [9.17, 15) is 9.59 Å². The molecule has 0 atom stereocenters. The van der Waals surface area contributed by atoms with E-state index in [2.05, 4.69) is 26.0 Å². The fraction of sp³-hybridized carbons (Fsp3) is 0. The Bertz CT molecular complexity index is 898. The summed E-state index contributed by atoms with van der Waals surface area (Å²) in [6.07, 6.45) is 1.57. The molecular weight excluding hydrogens is 360 g/mol. The van der Waals surface area contributed by atoms with Gasteiger partial charge >= 0.3 is 0 Å². The number of aromatic nitrogens is 3. The molecule has 7 heteroatoms. The standard InChI is InChI=1S/C16H9BrN4O2/c17-16-18-9-20(19-16)10-5-7-11(8-6-10)21-14(22)12-3-1-2-4-13(12)15(21)23/h1-9H. The molecule has 1 aromatic heterocycles. The lowest BCUT2D eigenvalue weighted by atomic mass is 10.1. The highest BCUT2D eigenvalue weighted by molar-refractivity contribution is 9.10. The summed E-state index contributed by atoms with van der Waals surface area (Å²) in [4.78, 5) is 30.1. The zero-order chi connectivity index (χ0) is 16.0. The van der Waals surface area contributed by atoms with Gasteiger partial charge in [0.25, 0.3) is 11.8 Å². The maximum Gasteiger partial charge on any atom is 0.266 e. The summed E-state index contributed by atoms with van der Waals surface area (Å²) in [6, 6.07) is 13.8. The van der Waals surface area contributed by atoms with Gasteiger partial charge in [0.15, 0.2) is 0 Å². The van der Waals surface area contributed by atoms with Crippen LogP contribution in [0.3, 0.4) is 0 Å². The summed E-state index contributed by atoms with van der Waals surface area (Å²) in [5, 5.41) is 4.15. The zero-order valence-corrected chi connectivity index (χ0v) is 13.3. The molecule has 0 fully saturated rings. The van der Waals surface area contributed by atoms with Gasteiger partial charge in [-0.1, -0.05) is 12.1 Å². The predicted octanol–water partition coefficient (Wildman–Crippen LogP) is 2.83. The van der Waals surface area contributed by atoms with Crippen LogP contribution in [0.4, 0.5) is 5.69 Å². The van der Waals surface area contributed by atoms with Crippen LogP contribution in [0.1, 0.15) is 20.7 Å². The molecule has 0 saturated carbocycles. The molecule has 23 heavy (non-hydrogen) atoms. The topological polar surface area (TPSA) is 68.1 Å². The Morgan fingerprint density at radius 1 is 0.826 bits per heavy atom. The number of imide groups is 1. The second-order valence-electron chi connectivity index (χ2n) is 4.97. The van der Waals surface area contributed by atoms with E-state index in [4.69, 9.17) is 0 Å². The molecule has 0 radical (unpaired) electrons. The maximum absolute atomic E-state index is 12.4. The largest absolute Gasteiger partial charge is 0.268 e. The average Bonchev–Trinajstić information content (AvgIpc) is 3.11. The fourth-order valence-corrected chi connectivity index (χ4v) is 2.81. The normalized spacial score (nSPS) is 13.5. The molecule has 3 aromatic rings. The van der Waals surface area contributed by atoms with Gasteiger partial charge in [0.05, 0.1) is 22.5 Å². The number of carbonyl (C=O) groups excluding carboxylic acids is 2. The molecule has 2 aromatic carbocycles. The third-order valence-corrected chi connectivity index (χ3v) is 3.99. The number of nitrogens with zero attached hydrogens (tertiary/aromatic N) is 4. The summed E-state index contributed by atoms with van der Waals surface area (Å²) in [6.45, 7) is 0. The highest BCUT2D eigenvalue weighted by atomic mass is 79.9. The Morgan fingerprint density at radius 3 is 1.91 bits per heavy atom.